The van der Waals surface area contributed by atoms with Crippen LogP contribution in [0.4, 0.5) is 0 Å². The molecule has 0 aliphatic heterocycles. The van der Waals surface area contributed by atoms with E-state index < -0.39 is 0 Å². The number of carbonyl (C=O) groups excluding carboxylic acids is 1. The van der Waals surface area contributed by atoms with Crippen LogP contribution in [0.5, 0.6) is 0 Å². The molecule has 1 heterocycles. The molecule has 2 aromatic rings. The van der Waals surface area contributed by atoms with Crippen LogP contribution in [0.25, 0.3) is 10.9 Å². The molecule has 0 saturated heterocycles. The minimum Gasteiger partial charge on any atom is -0.310 e. The van der Waals surface area contributed by atoms with Gasteiger partial charge in [-0.2, -0.15) is 0 Å². The summed E-state index contributed by atoms with van der Waals surface area (Å²) in [5.41, 5.74) is 1.92. The summed E-state index contributed by atoms with van der Waals surface area (Å²) in [5, 5.41) is 4.13. The number of nitrogens with one attached hydrogen (secondary N) is 1. The predicted molar refractivity (Wildman–Crippen MR) is 69.0 cm³/mol. The molecule has 0 amide bonds. The zero-order valence-corrected chi connectivity index (χ0v) is 10.1. The second-order valence-corrected chi connectivity index (χ2v) is 4.15. The van der Waals surface area contributed by atoms with Crippen LogP contribution < -0.4 is 5.32 Å². The fraction of sp³-hybridized carbons (Fsp3) is 0.286. The molecular formula is C14H16N2O. The molecule has 3 heteroatoms. The van der Waals surface area contributed by atoms with Gasteiger partial charge in [-0.3, -0.25) is 9.78 Å². The van der Waals surface area contributed by atoms with Crippen LogP contribution >= 0.6 is 0 Å². The lowest BCUT2D eigenvalue weighted by atomic mass is 10.1. The van der Waals surface area contributed by atoms with Crippen LogP contribution in [0, 0.1) is 0 Å². The van der Waals surface area contributed by atoms with E-state index in [1.165, 1.54) is 0 Å². The molecule has 3 nitrogen and oxygen atoms in total. The minimum atomic E-state index is -0.149. The lowest BCUT2D eigenvalue weighted by Gasteiger charge is -2.12. The Kier molecular flexibility index (Phi) is 3.49. The van der Waals surface area contributed by atoms with Crippen LogP contribution in [0.3, 0.4) is 0 Å². The highest BCUT2D eigenvalue weighted by molar-refractivity contribution is 5.82. The minimum absolute atomic E-state index is 0.141. The molecule has 0 fully saturated rings. The van der Waals surface area contributed by atoms with Gasteiger partial charge in [-0.25, -0.2) is 0 Å². The van der Waals surface area contributed by atoms with Crippen LogP contribution in [0.1, 0.15) is 12.6 Å². The van der Waals surface area contributed by atoms with E-state index in [4.69, 9.17) is 0 Å². The first-order chi connectivity index (χ1) is 8.20. The first kappa shape index (κ1) is 11.7. The van der Waals surface area contributed by atoms with E-state index in [2.05, 4.69) is 10.3 Å². The summed E-state index contributed by atoms with van der Waals surface area (Å²) in [6.07, 6.45) is 0.636. The van der Waals surface area contributed by atoms with E-state index in [1.54, 1.807) is 14.0 Å². The number of hydrogen-bond donors (Lipinski definition) is 1. The smallest absolute Gasteiger partial charge is 0.147 e. The van der Waals surface area contributed by atoms with Gasteiger partial charge in [0.1, 0.15) is 5.78 Å². The number of pyridine rings is 1. The van der Waals surface area contributed by atoms with Crippen LogP contribution in [0.2, 0.25) is 0 Å². The summed E-state index contributed by atoms with van der Waals surface area (Å²) in [6, 6.07) is 11.9. The van der Waals surface area contributed by atoms with Crippen molar-refractivity contribution in [1.29, 1.82) is 0 Å². The standard InChI is InChI=1S/C14H16N2O/c1-10(17)14(15-2)9-12-8-7-11-5-3-4-6-13(11)16-12/h3-8,14-15H,9H2,1-2H3/t14-/m0/s1. The second kappa shape index (κ2) is 5.06. The van der Waals surface area contributed by atoms with Crippen molar-refractivity contribution in [1.82, 2.24) is 10.3 Å². The Balaban J connectivity index is 2.27. The Labute approximate surface area is 101 Å². The second-order valence-electron chi connectivity index (χ2n) is 4.15. The molecule has 0 bridgehead atoms. The number of likely N-dealkylation sites (N-methyl/N-ethyl adjacent to an activating group) is 1. The van der Waals surface area contributed by atoms with Crippen LogP contribution in [0.15, 0.2) is 36.4 Å². The summed E-state index contributed by atoms with van der Waals surface area (Å²) >= 11 is 0. The maximum atomic E-state index is 11.4. The van der Waals surface area contributed by atoms with Gasteiger partial charge in [0.2, 0.25) is 0 Å². The summed E-state index contributed by atoms with van der Waals surface area (Å²) in [4.78, 5) is 15.9. The van der Waals surface area contributed by atoms with Gasteiger partial charge >= 0.3 is 0 Å². The third-order valence-corrected chi connectivity index (χ3v) is 2.91. The Morgan fingerprint density at radius 2 is 2.06 bits per heavy atom. The average Bonchev–Trinajstić information content (AvgIpc) is 2.35. The molecule has 1 N–H and O–H groups in total. The molecule has 1 atom stereocenters. The number of aromatic nitrogens is 1. The Morgan fingerprint density at radius 1 is 1.29 bits per heavy atom. The van der Waals surface area contributed by atoms with Crippen LogP contribution in [-0.4, -0.2) is 23.9 Å². The van der Waals surface area contributed by atoms with Gasteiger partial charge in [0.05, 0.1) is 11.6 Å². The third-order valence-electron chi connectivity index (χ3n) is 2.91. The fourth-order valence-corrected chi connectivity index (χ4v) is 1.88. The highest BCUT2D eigenvalue weighted by Crippen LogP contribution is 2.12. The molecule has 0 unspecified atom stereocenters. The zero-order valence-electron chi connectivity index (χ0n) is 10.1. The maximum Gasteiger partial charge on any atom is 0.147 e. The Morgan fingerprint density at radius 3 is 2.76 bits per heavy atom. The Bertz CT molecular complexity index is 536. The lowest BCUT2D eigenvalue weighted by molar-refractivity contribution is -0.118. The number of benzene rings is 1. The third kappa shape index (κ3) is 2.68. The van der Waals surface area contributed by atoms with Crippen molar-refractivity contribution in [3.63, 3.8) is 0 Å². The van der Waals surface area contributed by atoms with E-state index in [-0.39, 0.29) is 11.8 Å². The van der Waals surface area contributed by atoms with E-state index in [9.17, 15) is 4.79 Å². The van der Waals surface area contributed by atoms with Gasteiger partial charge < -0.3 is 5.32 Å². The fourth-order valence-electron chi connectivity index (χ4n) is 1.88. The number of para-hydroxylation sites is 1. The van der Waals surface area contributed by atoms with Crippen molar-refractivity contribution in [2.45, 2.75) is 19.4 Å². The summed E-state index contributed by atoms with van der Waals surface area (Å²) in [7, 11) is 1.80. The molecule has 0 aliphatic rings. The molecule has 17 heavy (non-hydrogen) atoms. The van der Waals surface area contributed by atoms with Crippen molar-refractivity contribution < 1.29 is 4.79 Å². The molecule has 1 aromatic carbocycles. The largest absolute Gasteiger partial charge is 0.310 e. The molecular weight excluding hydrogens is 212 g/mol. The average molecular weight is 228 g/mol. The summed E-state index contributed by atoms with van der Waals surface area (Å²) in [5.74, 6) is 0.141. The predicted octanol–water partition coefficient (Wildman–Crippen LogP) is 1.95. The highest BCUT2D eigenvalue weighted by Gasteiger charge is 2.12. The number of fused-ring (bicyclic) bond motifs is 1. The number of ketones is 1. The van der Waals surface area contributed by atoms with Crippen molar-refractivity contribution in [3.05, 3.63) is 42.1 Å². The SMILES string of the molecule is CN[C@@H](Cc1ccc2ccccc2n1)C(C)=O. The number of carbonyl (C=O) groups is 1. The number of rotatable bonds is 4. The van der Waals surface area contributed by atoms with Gasteiger partial charge in [0.15, 0.2) is 0 Å². The Hall–Kier alpha value is -1.74. The van der Waals surface area contributed by atoms with Gasteiger partial charge in [0, 0.05) is 17.5 Å². The first-order valence-electron chi connectivity index (χ1n) is 5.73. The van der Waals surface area contributed by atoms with E-state index >= 15 is 0 Å². The van der Waals surface area contributed by atoms with Gasteiger partial charge in [-0.15, -0.1) is 0 Å². The molecule has 0 aliphatic carbocycles. The quantitative estimate of drug-likeness (QED) is 0.869. The van der Waals surface area contributed by atoms with E-state index in [0.717, 1.165) is 16.6 Å². The van der Waals surface area contributed by atoms with E-state index in [0.29, 0.717) is 6.42 Å². The lowest BCUT2D eigenvalue weighted by Crippen LogP contribution is -2.34. The van der Waals surface area contributed by atoms with Crippen molar-refractivity contribution >= 4 is 16.7 Å². The normalized spacial score (nSPS) is 12.6. The zero-order chi connectivity index (χ0) is 12.3. The first-order valence-corrected chi connectivity index (χ1v) is 5.73. The summed E-state index contributed by atoms with van der Waals surface area (Å²) < 4.78 is 0. The van der Waals surface area contributed by atoms with Crippen molar-refractivity contribution in [2.75, 3.05) is 7.05 Å². The monoisotopic (exact) mass is 228 g/mol. The summed E-state index contributed by atoms with van der Waals surface area (Å²) in [6.45, 7) is 1.60. The van der Waals surface area contributed by atoms with Crippen molar-refractivity contribution in [2.24, 2.45) is 0 Å². The van der Waals surface area contributed by atoms with Gasteiger partial charge in [-0.05, 0) is 26.1 Å². The molecule has 88 valence electrons. The van der Waals surface area contributed by atoms with Gasteiger partial charge in [-0.1, -0.05) is 24.3 Å². The molecule has 0 radical (unpaired) electrons. The molecule has 2 rings (SSSR count). The maximum absolute atomic E-state index is 11.4. The number of Topliss-reactive ketones (excluding diaryl/α,β-unsaturated/α-hetero) is 1. The highest BCUT2D eigenvalue weighted by atomic mass is 16.1. The van der Waals surface area contributed by atoms with Gasteiger partial charge in [0.25, 0.3) is 0 Å². The molecule has 1 aromatic heterocycles. The molecule has 0 spiro atoms. The number of nitrogens with zero attached hydrogens (tertiary/aromatic N) is 1. The van der Waals surface area contributed by atoms with Crippen LogP contribution in [-0.2, 0) is 11.2 Å². The van der Waals surface area contributed by atoms with E-state index in [1.807, 2.05) is 36.4 Å². The van der Waals surface area contributed by atoms with Crippen molar-refractivity contribution in [3.8, 4) is 0 Å². The topological polar surface area (TPSA) is 42.0 Å². The number of hydrogen-bond acceptors (Lipinski definition) is 3. The molecule has 0 saturated carbocycles.